The van der Waals surface area contributed by atoms with Crippen LogP contribution in [0.2, 0.25) is 0 Å². The molecule has 0 fully saturated rings. The molecule has 1 unspecified atom stereocenters. The summed E-state index contributed by atoms with van der Waals surface area (Å²) >= 11 is 0. The van der Waals surface area contributed by atoms with E-state index in [1.165, 1.54) is 0 Å². The highest BCUT2D eigenvalue weighted by Gasteiger charge is 2.08. The number of rotatable bonds is 6. The van der Waals surface area contributed by atoms with Crippen LogP contribution >= 0.6 is 0 Å². The molecule has 1 atom stereocenters. The maximum absolute atomic E-state index is 11.4. The molecule has 0 aliphatic heterocycles. The number of amides is 1. The molecular weight excluding hydrogens is 176 g/mol. The minimum Gasteiger partial charge on any atom is -0.345 e. The smallest absolute Gasteiger partial charge is 0.236 e. The maximum Gasteiger partial charge on any atom is 0.236 e. The van der Waals surface area contributed by atoms with E-state index in [4.69, 9.17) is 6.42 Å². The van der Waals surface area contributed by atoms with E-state index < -0.39 is 0 Å². The van der Waals surface area contributed by atoms with Gasteiger partial charge in [0.2, 0.25) is 5.91 Å². The third-order valence-electron chi connectivity index (χ3n) is 2.18. The quantitative estimate of drug-likeness (QED) is 0.639. The molecule has 0 aromatic carbocycles. The average molecular weight is 196 g/mol. The number of likely N-dealkylation sites (N-methyl/N-ethyl adjacent to an activating group) is 1. The topological polar surface area (TPSA) is 32.3 Å². The van der Waals surface area contributed by atoms with Crippen LogP contribution in [0.25, 0.3) is 0 Å². The van der Waals surface area contributed by atoms with Crippen molar-refractivity contribution in [1.29, 1.82) is 0 Å². The number of terminal acetylenes is 1. The molecule has 0 aliphatic carbocycles. The summed E-state index contributed by atoms with van der Waals surface area (Å²) in [5, 5.41) is 3.06. The molecule has 0 rings (SSSR count). The Labute approximate surface area is 86.9 Å². The van der Waals surface area contributed by atoms with Crippen LogP contribution < -0.4 is 5.32 Å². The van der Waals surface area contributed by atoms with Crippen molar-refractivity contribution >= 4 is 5.91 Å². The Bertz CT molecular complexity index is 208. The Hall–Kier alpha value is -1.01. The van der Waals surface area contributed by atoms with Crippen LogP contribution in [-0.2, 0) is 4.79 Å². The molecule has 80 valence electrons. The van der Waals surface area contributed by atoms with Crippen molar-refractivity contribution in [3.63, 3.8) is 0 Å². The van der Waals surface area contributed by atoms with Gasteiger partial charge in [-0.2, -0.15) is 0 Å². The molecular formula is C11H20N2O. The second kappa shape index (κ2) is 7.40. The Morgan fingerprint density at radius 2 is 2.21 bits per heavy atom. The summed E-state index contributed by atoms with van der Waals surface area (Å²) < 4.78 is 0. The molecule has 14 heavy (non-hydrogen) atoms. The van der Waals surface area contributed by atoms with Crippen molar-refractivity contribution in [2.75, 3.05) is 20.1 Å². The van der Waals surface area contributed by atoms with E-state index in [-0.39, 0.29) is 11.9 Å². The standard InChI is InChI=1S/C11H20N2O/c1-5-8-10(6-2)12-9-11(14)13(4)7-3/h2,10,12H,5,7-9H2,1,3-4H3. The van der Waals surface area contributed by atoms with Gasteiger partial charge in [0.05, 0.1) is 12.6 Å². The normalized spacial score (nSPS) is 11.9. The summed E-state index contributed by atoms with van der Waals surface area (Å²) in [7, 11) is 1.79. The monoisotopic (exact) mass is 196 g/mol. The lowest BCUT2D eigenvalue weighted by molar-refractivity contribution is -0.128. The van der Waals surface area contributed by atoms with E-state index in [0.29, 0.717) is 6.54 Å². The summed E-state index contributed by atoms with van der Waals surface area (Å²) in [5.74, 6) is 2.72. The fourth-order valence-corrected chi connectivity index (χ4v) is 1.05. The number of carbonyl (C=O) groups is 1. The van der Waals surface area contributed by atoms with Gasteiger partial charge < -0.3 is 4.90 Å². The lowest BCUT2D eigenvalue weighted by Crippen LogP contribution is -2.39. The fourth-order valence-electron chi connectivity index (χ4n) is 1.05. The Morgan fingerprint density at radius 3 is 2.64 bits per heavy atom. The molecule has 0 saturated heterocycles. The lowest BCUT2D eigenvalue weighted by atomic mass is 10.2. The summed E-state index contributed by atoms with van der Waals surface area (Å²) in [5.41, 5.74) is 0. The zero-order chi connectivity index (χ0) is 11.0. The minimum absolute atomic E-state index is 0.0224. The highest BCUT2D eigenvalue weighted by atomic mass is 16.2. The van der Waals surface area contributed by atoms with Gasteiger partial charge in [-0.15, -0.1) is 6.42 Å². The first kappa shape index (κ1) is 13.0. The minimum atomic E-state index is 0.0224. The number of nitrogens with one attached hydrogen (secondary N) is 1. The summed E-state index contributed by atoms with van der Waals surface area (Å²) in [6, 6.07) is 0.0224. The van der Waals surface area contributed by atoms with Gasteiger partial charge in [0.1, 0.15) is 0 Å². The van der Waals surface area contributed by atoms with Gasteiger partial charge in [0.25, 0.3) is 0 Å². The first-order valence-electron chi connectivity index (χ1n) is 5.09. The van der Waals surface area contributed by atoms with E-state index in [2.05, 4.69) is 18.2 Å². The molecule has 0 bridgehead atoms. The van der Waals surface area contributed by atoms with Crippen molar-refractivity contribution in [1.82, 2.24) is 10.2 Å². The molecule has 0 spiro atoms. The highest BCUT2D eigenvalue weighted by molar-refractivity contribution is 5.77. The van der Waals surface area contributed by atoms with Crippen LogP contribution in [0.15, 0.2) is 0 Å². The molecule has 0 saturated carbocycles. The van der Waals surface area contributed by atoms with E-state index in [0.717, 1.165) is 19.4 Å². The average Bonchev–Trinajstić information content (AvgIpc) is 2.22. The number of hydrogen-bond acceptors (Lipinski definition) is 2. The number of hydrogen-bond donors (Lipinski definition) is 1. The van der Waals surface area contributed by atoms with E-state index >= 15 is 0 Å². The van der Waals surface area contributed by atoms with E-state index in [9.17, 15) is 4.79 Å². The highest BCUT2D eigenvalue weighted by Crippen LogP contribution is 1.94. The van der Waals surface area contributed by atoms with Crippen molar-refractivity contribution in [3.8, 4) is 12.3 Å². The third-order valence-corrected chi connectivity index (χ3v) is 2.18. The van der Waals surface area contributed by atoms with Gasteiger partial charge >= 0.3 is 0 Å². The second-order valence-electron chi connectivity index (χ2n) is 3.30. The van der Waals surface area contributed by atoms with Gasteiger partial charge in [-0.1, -0.05) is 19.3 Å². The summed E-state index contributed by atoms with van der Waals surface area (Å²) in [4.78, 5) is 13.1. The number of carbonyl (C=O) groups excluding carboxylic acids is 1. The van der Waals surface area contributed by atoms with Gasteiger partial charge in [-0.25, -0.2) is 0 Å². The molecule has 3 heteroatoms. The summed E-state index contributed by atoms with van der Waals surface area (Å²) in [6.45, 7) is 5.09. The predicted octanol–water partition coefficient (Wildman–Crippen LogP) is 0.856. The Morgan fingerprint density at radius 1 is 1.57 bits per heavy atom. The Kier molecular flexibility index (Phi) is 6.87. The van der Waals surface area contributed by atoms with Gasteiger partial charge in [0.15, 0.2) is 0 Å². The van der Waals surface area contributed by atoms with Crippen LogP contribution in [0.3, 0.4) is 0 Å². The van der Waals surface area contributed by atoms with Crippen LogP contribution in [-0.4, -0.2) is 37.0 Å². The van der Waals surface area contributed by atoms with Crippen molar-refractivity contribution < 1.29 is 4.79 Å². The van der Waals surface area contributed by atoms with Gasteiger partial charge in [0, 0.05) is 13.6 Å². The molecule has 3 nitrogen and oxygen atoms in total. The Balaban J connectivity index is 3.80. The molecule has 1 amide bonds. The van der Waals surface area contributed by atoms with Crippen LogP contribution in [0.4, 0.5) is 0 Å². The molecule has 0 aromatic heterocycles. The van der Waals surface area contributed by atoms with E-state index in [1.54, 1.807) is 11.9 Å². The zero-order valence-electron chi connectivity index (χ0n) is 9.34. The third kappa shape index (κ3) is 4.88. The van der Waals surface area contributed by atoms with Crippen LogP contribution in [0.1, 0.15) is 26.7 Å². The SMILES string of the molecule is C#CC(CCC)NCC(=O)N(C)CC. The predicted molar refractivity (Wildman–Crippen MR) is 58.8 cm³/mol. The van der Waals surface area contributed by atoms with Crippen LogP contribution in [0, 0.1) is 12.3 Å². The molecule has 1 N–H and O–H groups in total. The maximum atomic E-state index is 11.4. The summed E-state index contributed by atoms with van der Waals surface area (Å²) in [6.07, 6.45) is 7.26. The van der Waals surface area contributed by atoms with Gasteiger partial charge in [-0.05, 0) is 13.3 Å². The van der Waals surface area contributed by atoms with Crippen LogP contribution in [0.5, 0.6) is 0 Å². The molecule has 0 heterocycles. The first-order valence-corrected chi connectivity index (χ1v) is 5.09. The van der Waals surface area contributed by atoms with Crippen molar-refractivity contribution in [2.45, 2.75) is 32.7 Å². The lowest BCUT2D eigenvalue weighted by Gasteiger charge is -2.17. The zero-order valence-corrected chi connectivity index (χ0v) is 9.34. The largest absolute Gasteiger partial charge is 0.345 e. The molecule has 0 radical (unpaired) electrons. The molecule has 0 aliphatic rings. The van der Waals surface area contributed by atoms with Gasteiger partial charge in [-0.3, -0.25) is 10.1 Å². The van der Waals surface area contributed by atoms with Crippen molar-refractivity contribution in [3.05, 3.63) is 0 Å². The van der Waals surface area contributed by atoms with Crippen molar-refractivity contribution in [2.24, 2.45) is 0 Å². The molecule has 0 aromatic rings. The number of nitrogens with zero attached hydrogens (tertiary/aromatic N) is 1. The fraction of sp³-hybridized carbons (Fsp3) is 0.727. The first-order chi connectivity index (χ1) is 6.65. The van der Waals surface area contributed by atoms with E-state index in [1.807, 2.05) is 6.92 Å². The second-order valence-corrected chi connectivity index (χ2v) is 3.30.